The summed E-state index contributed by atoms with van der Waals surface area (Å²) in [4.78, 5) is 19.4. The Balaban J connectivity index is 1.98. The Morgan fingerprint density at radius 1 is 1.16 bits per heavy atom. The first kappa shape index (κ1) is 18.4. The Morgan fingerprint density at radius 3 is 2.56 bits per heavy atom. The molecule has 0 unspecified atom stereocenters. The van der Waals surface area contributed by atoms with Crippen molar-refractivity contribution >= 4 is 12.0 Å². The molecule has 2 aromatic rings. The second kappa shape index (κ2) is 8.82. The molecule has 132 valence electrons. The van der Waals surface area contributed by atoms with Crippen molar-refractivity contribution in [2.75, 3.05) is 0 Å². The van der Waals surface area contributed by atoms with Crippen LogP contribution in [0.3, 0.4) is 0 Å². The first-order valence-corrected chi connectivity index (χ1v) is 8.13. The molecule has 0 aliphatic heterocycles. The zero-order valence-corrected chi connectivity index (χ0v) is 14.9. The van der Waals surface area contributed by atoms with E-state index >= 15 is 0 Å². The van der Waals surface area contributed by atoms with E-state index in [-0.39, 0.29) is 18.1 Å². The summed E-state index contributed by atoms with van der Waals surface area (Å²) in [5, 5.41) is 2.79. The zero-order valence-electron chi connectivity index (χ0n) is 14.9. The average Bonchev–Trinajstić information content (AvgIpc) is 2.53. The topological polar surface area (TPSA) is 73.3 Å². The normalized spacial score (nSPS) is 12.2. The molecule has 2 rings (SSSR count). The molecule has 2 heterocycles. The van der Waals surface area contributed by atoms with Crippen molar-refractivity contribution in [2.24, 2.45) is 0 Å². The van der Waals surface area contributed by atoms with Crippen LogP contribution in [0.25, 0.3) is 6.08 Å². The number of aromatic nitrogens is 2. The van der Waals surface area contributed by atoms with E-state index in [0.29, 0.717) is 17.4 Å². The lowest BCUT2D eigenvalue weighted by molar-refractivity contribution is -0.119. The predicted molar refractivity (Wildman–Crippen MR) is 96.6 cm³/mol. The summed E-state index contributed by atoms with van der Waals surface area (Å²) >= 11 is 0. The van der Waals surface area contributed by atoms with Crippen LogP contribution in [0.1, 0.15) is 33.3 Å². The fourth-order valence-electron chi connectivity index (χ4n) is 2.09. The fraction of sp³-hybridized carbons (Fsp3) is 0.316. The van der Waals surface area contributed by atoms with Gasteiger partial charge in [-0.25, -0.2) is 4.98 Å². The van der Waals surface area contributed by atoms with Crippen LogP contribution in [0.4, 0.5) is 0 Å². The van der Waals surface area contributed by atoms with E-state index in [9.17, 15) is 4.79 Å². The Morgan fingerprint density at radius 2 is 1.92 bits per heavy atom. The molecule has 6 heteroatoms. The van der Waals surface area contributed by atoms with E-state index in [1.807, 2.05) is 39.0 Å². The standard InChI is InChI=1S/C19H23N3O3/c1-13(2)24-17-9-18(12-20-11-17)25-19-8-7-16(10-21-19)6-5-14(3)22-15(4)23/h5-14H,1-4H3,(H,22,23)/b6-5+/t14-/m0/s1. The lowest BCUT2D eigenvalue weighted by Crippen LogP contribution is -2.28. The largest absolute Gasteiger partial charge is 0.489 e. The van der Waals surface area contributed by atoms with Gasteiger partial charge in [-0.15, -0.1) is 0 Å². The molecule has 25 heavy (non-hydrogen) atoms. The number of hydrogen-bond donors (Lipinski definition) is 1. The minimum Gasteiger partial charge on any atom is -0.489 e. The molecule has 0 saturated carbocycles. The monoisotopic (exact) mass is 341 g/mol. The van der Waals surface area contributed by atoms with E-state index in [1.165, 1.54) is 6.92 Å². The number of rotatable bonds is 7. The van der Waals surface area contributed by atoms with Gasteiger partial charge in [-0.1, -0.05) is 12.2 Å². The van der Waals surface area contributed by atoms with Crippen LogP contribution in [-0.2, 0) is 4.79 Å². The maximum Gasteiger partial charge on any atom is 0.219 e. The first-order chi connectivity index (χ1) is 11.9. The molecule has 1 N–H and O–H groups in total. The lowest BCUT2D eigenvalue weighted by atomic mass is 10.2. The molecule has 2 aromatic heterocycles. The first-order valence-electron chi connectivity index (χ1n) is 8.13. The average molecular weight is 341 g/mol. The molecule has 0 radical (unpaired) electrons. The summed E-state index contributed by atoms with van der Waals surface area (Å²) in [6.07, 6.45) is 8.82. The summed E-state index contributed by atoms with van der Waals surface area (Å²) in [6, 6.07) is 5.40. The fourth-order valence-corrected chi connectivity index (χ4v) is 2.09. The van der Waals surface area contributed by atoms with Crippen molar-refractivity contribution < 1.29 is 14.3 Å². The second-order valence-corrected chi connectivity index (χ2v) is 5.90. The van der Waals surface area contributed by atoms with Crippen molar-refractivity contribution in [3.8, 4) is 17.4 Å². The molecule has 0 fully saturated rings. The second-order valence-electron chi connectivity index (χ2n) is 5.90. The highest BCUT2D eigenvalue weighted by atomic mass is 16.5. The number of amides is 1. The van der Waals surface area contributed by atoms with Crippen LogP contribution in [0.2, 0.25) is 0 Å². The van der Waals surface area contributed by atoms with Crippen LogP contribution in [0.5, 0.6) is 17.4 Å². The number of carbonyl (C=O) groups excluding carboxylic acids is 1. The van der Waals surface area contributed by atoms with Crippen molar-refractivity contribution in [2.45, 2.75) is 39.8 Å². The third-order valence-corrected chi connectivity index (χ3v) is 3.05. The molecule has 0 bridgehead atoms. The highest BCUT2D eigenvalue weighted by molar-refractivity contribution is 5.73. The summed E-state index contributed by atoms with van der Waals surface area (Å²) in [5.41, 5.74) is 0.916. The van der Waals surface area contributed by atoms with Crippen molar-refractivity contribution in [1.82, 2.24) is 15.3 Å². The Bertz CT molecular complexity index is 727. The van der Waals surface area contributed by atoms with Gasteiger partial charge >= 0.3 is 0 Å². The van der Waals surface area contributed by atoms with Crippen molar-refractivity contribution in [3.63, 3.8) is 0 Å². The smallest absolute Gasteiger partial charge is 0.219 e. The molecule has 0 aromatic carbocycles. The maximum atomic E-state index is 11.0. The van der Waals surface area contributed by atoms with Gasteiger partial charge in [0.15, 0.2) is 5.75 Å². The molecule has 0 aliphatic rings. The van der Waals surface area contributed by atoms with Crippen LogP contribution in [-0.4, -0.2) is 28.0 Å². The SMILES string of the molecule is CC(=O)N[C@@H](C)/C=C/c1ccc(Oc2cncc(OC(C)C)c2)nc1. The van der Waals surface area contributed by atoms with Crippen molar-refractivity contribution in [3.05, 3.63) is 48.4 Å². The number of hydrogen-bond acceptors (Lipinski definition) is 5. The van der Waals surface area contributed by atoms with Crippen LogP contribution >= 0.6 is 0 Å². The van der Waals surface area contributed by atoms with Gasteiger partial charge in [-0.05, 0) is 32.4 Å². The maximum absolute atomic E-state index is 11.0. The summed E-state index contributed by atoms with van der Waals surface area (Å²) in [5.74, 6) is 1.62. The highest BCUT2D eigenvalue weighted by Gasteiger charge is 2.04. The number of carbonyl (C=O) groups is 1. The van der Waals surface area contributed by atoms with E-state index in [0.717, 1.165) is 5.56 Å². The molecule has 6 nitrogen and oxygen atoms in total. The van der Waals surface area contributed by atoms with Crippen LogP contribution < -0.4 is 14.8 Å². The van der Waals surface area contributed by atoms with Crippen LogP contribution in [0.15, 0.2) is 42.9 Å². The molecular weight excluding hydrogens is 318 g/mol. The number of pyridine rings is 2. The number of nitrogens with one attached hydrogen (secondary N) is 1. The van der Waals surface area contributed by atoms with Gasteiger partial charge in [0.25, 0.3) is 0 Å². The summed E-state index contributed by atoms with van der Waals surface area (Å²) < 4.78 is 11.3. The Kier molecular flexibility index (Phi) is 6.51. The molecule has 0 spiro atoms. The van der Waals surface area contributed by atoms with Gasteiger partial charge in [0.1, 0.15) is 5.75 Å². The minimum atomic E-state index is -0.0590. The summed E-state index contributed by atoms with van der Waals surface area (Å²) in [7, 11) is 0. The highest BCUT2D eigenvalue weighted by Crippen LogP contribution is 2.23. The van der Waals surface area contributed by atoms with Gasteiger partial charge in [0.05, 0.1) is 18.5 Å². The Labute approximate surface area is 147 Å². The number of ether oxygens (including phenoxy) is 2. The van der Waals surface area contributed by atoms with Crippen LogP contribution in [0, 0.1) is 0 Å². The Hall–Kier alpha value is -2.89. The molecule has 0 aliphatic carbocycles. The van der Waals surface area contributed by atoms with Gasteiger partial charge in [0, 0.05) is 31.3 Å². The van der Waals surface area contributed by atoms with Gasteiger partial charge in [-0.2, -0.15) is 0 Å². The molecule has 1 amide bonds. The number of nitrogens with zero attached hydrogens (tertiary/aromatic N) is 2. The van der Waals surface area contributed by atoms with E-state index in [4.69, 9.17) is 9.47 Å². The molecule has 0 saturated heterocycles. The third kappa shape index (κ3) is 6.63. The lowest BCUT2D eigenvalue weighted by Gasteiger charge is -2.10. The molecule has 1 atom stereocenters. The van der Waals surface area contributed by atoms with E-state index < -0.39 is 0 Å². The molecular formula is C19H23N3O3. The van der Waals surface area contributed by atoms with Crippen molar-refractivity contribution in [1.29, 1.82) is 0 Å². The predicted octanol–water partition coefficient (Wildman–Crippen LogP) is 3.59. The zero-order chi connectivity index (χ0) is 18.2. The van der Waals surface area contributed by atoms with Gasteiger partial charge in [0.2, 0.25) is 11.8 Å². The third-order valence-electron chi connectivity index (χ3n) is 3.05. The quantitative estimate of drug-likeness (QED) is 0.833. The van der Waals surface area contributed by atoms with E-state index in [2.05, 4.69) is 15.3 Å². The van der Waals surface area contributed by atoms with Gasteiger partial charge in [-0.3, -0.25) is 9.78 Å². The van der Waals surface area contributed by atoms with Gasteiger partial charge < -0.3 is 14.8 Å². The van der Waals surface area contributed by atoms with E-state index in [1.54, 1.807) is 30.7 Å². The minimum absolute atomic E-state index is 0.0387. The summed E-state index contributed by atoms with van der Waals surface area (Å²) in [6.45, 7) is 7.30.